The number of hydrogen-bond donors (Lipinski definition) is 1. The van der Waals surface area contributed by atoms with E-state index in [1.54, 1.807) is 0 Å². The van der Waals surface area contributed by atoms with E-state index in [-0.39, 0.29) is 0 Å². The van der Waals surface area contributed by atoms with Crippen LogP contribution in [0.4, 0.5) is 30.7 Å². The molecule has 8 heteroatoms. The van der Waals surface area contributed by atoms with Crippen LogP contribution in [-0.4, -0.2) is 29.7 Å². The average Bonchev–Trinajstić information content (AvgIpc) is 1.82. The first-order valence-electron chi connectivity index (χ1n) is 2.98. The molecule has 80 valence electrons. The largest absolute Gasteiger partial charge is 0.426 e. The summed E-state index contributed by atoms with van der Waals surface area (Å²) in [5.74, 6) is 0. The van der Waals surface area contributed by atoms with Crippen LogP contribution in [0, 0.1) is 0 Å². The second-order valence-corrected chi connectivity index (χ2v) is 2.29. The molecular formula is C5H5F7O. The van der Waals surface area contributed by atoms with Gasteiger partial charge in [0.1, 0.15) is 0 Å². The van der Waals surface area contributed by atoms with Gasteiger partial charge >= 0.3 is 12.4 Å². The Hall–Kier alpha value is -0.530. The molecule has 0 unspecified atom stereocenters. The summed E-state index contributed by atoms with van der Waals surface area (Å²) in [7, 11) is 0. The maximum Gasteiger partial charge on any atom is 0.426 e. The summed E-state index contributed by atoms with van der Waals surface area (Å²) >= 11 is 0. The van der Waals surface area contributed by atoms with Gasteiger partial charge in [0, 0.05) is 6.42 Å². The smallest absolute Gasteiger partial charge is 0.374 e. The van der Waals surface area contributed by atoms with Gasteiger partial charge in [-0.3, -0.25) is 4.39 Å². The predicted molar refractivity (Wildman–Crippen MR) is 27.7 cm³/mol. The maximum atomic E-state index is 11.7. The zero-order chi connectivity index (χ0) is 10.9. The Morgan fingerprint density at radius 3 is 1.23 bits per heavy atom. The van der Waals surface area contributed by atoms with Crippen LogP contribution in [0.2, 0.25) is 0 Å². The van der Waals surface area contributed by atoms with Crippen molar-refractivity contribution >= 4 is 0 Å². The van der Waals surface area contributed by atoms with Crippen LogP contribution < -0.4 is 0 Å². The minimum Gasteiger partial charge on any atom is -0.374 e. The van der Waals surface area contributed by atoms with Crippen LogP contribution in [0.1, 0.15) is 6.42 Å². The fourth-order valence-electron chi connectivity index (χ4n) is 0.581. The Kier molecular flexibility index (Phi) is 3.18. The van der Waals surface area contributed by atoms with E-state index in [0.717, 1.165) is 0 Å². The highest BCUT2D eigenvalue weighted by Crippen LogP contribution is 2.45. The third-order valence-electron chi connectivity index (χ3n) is 1.39. The fourth-order valence-corrected chi connectivity index (χ4v) is 0.581. The lowest BCUT2D eigenvalue weighted by Gasteiger charge is -2.31. The molecule has 0 aliphatic carbocycles. The molecule has 0 bridgehead atoms. The second kappa shape index (κ2) is 3.32. The van der Waals surface area contributed by atoms with Crippen LogP contribution in [0.5, 0.6) is 0 Å². The summed E-state index contributed by atoms with van der Waals surface area (Å²) in [4.78, 5) is 0. The summed E-state index contributed by atoms with van der Waals surface area (Å²) in [5, 5.41) is 8.19. The van der Waals surface area contributed by atoms with Gasteiger partial charge in [-0.15, -0.1) is 0 Å². The van der Waals surface area contributed by atoms with E-state index in [1.807, 2.05) is 0 Å². The molecular weight excluding hydrogens is 209 g/mol. The molecule has 13 heavy (non-hydrogen) atoms. The first kappa shape index (κ1) is 12.5. The Bertz CT molecular complexity index is 155. The summed E-state index contributed by atoms with van der Waals surface area (Å²) in [6, 6.07) is 0. The lowest BCUT2D eigenvalue weighted by molar-refractivity contribution is -0.370. The highest BCUT2D eigenvalue weighted by Gasteiger charge is 2.69. The molecule has 1 N–H and O–H groups in total. The van der Waals surface area contributed by atoms with Gasteiger partial charge in [-0.2, -0.15) is 26.3 Å². The molecule has 0 aromatic heterocycles. The monoisotopic (exact) mass is 214 g/mol. The Labute approximate surface area is 68.2 Å². The Balaban J connectivity index is 4.96. The van der Waals surface area contributed by atoms with Crippen LogP contribution in [-0.2, 0) is 0 Å². The van der Waals surface area contributed by atoms with Crippen LogP contribution >= 0.6 is 0 Å². The molecule has 0 atom stereocenters. The van der Waals surface area contributed by atoms with Crippen molar-refractivity contribution in [1.82, 2.24) is 0 Å². The van der Waals surface area contributed by atoms with Crippen LogP contribution in [0.15, 0.2) is 0 Å². The fraction of sp³-hybridized carbons (Fsp3) is 1.00. The lowest BCUT2D eigenvalue weighted by atomic mass is 9.99. The van der Waals surface area contributed by atoms with Crippen molar-refractivity contribution < 1.29 is 35.8 Å². The molecule has 0 aromatic rings. The standard InChI is InChI=1S/C5H5F7O/c6-2-1-3(13,4(7,8)9)5(10,11)12/h13H,1-2H2. The SMILES string of the molecule is OC(CCF)(C(F)(F)F)C(F)(F)F. The highest BCUT2D eigenvalue weighted by atomic mass is 19.4. The summed E-state index contributed by atoms with van der Waals surface area (Å²) in [6.45, 7) is -1.91. The third kappa shape index (κ3) is 2.23. The highest BCUT2D eigenvalue weighted by molar-refractivity contribution is 4.93. The average molecular weight is 214 g/mol. The van der Waals surface area contributed by atoms with Gasteiger partial charge in [-0.05, 0) is 0 Å². The molecule has 0 aromatic carbocycles. The van der Waals surface area contributed by atoms with Crippen molar-refractivity contribution in [2.45, 2.75) is 24.4 Å². The molecule has 0 amide bonds. The van der Waals surface area contributed by atoms with Gasteiger partial charge in [-0.1, -0.05) is 0 Å². The number of rotatable bonds is 2. The van der Waals surface area contributed by atoms with Crippen molar-refractivity contribution in [2.24, 2.45) is 0 Å². The van der Waals surface area contributed by atoms with Gasteiger partial charge in [0.25, 0.3) is 5.60 Å². The van der Waals surface area contributed by atoms with Crippen LogP contribution in [0.3, 0.4) is 0 Å². The summed E-state index contributed by atoms with van der Waals surface area (Å²) < 4.78 is 81.3. The molecule has 0 aliphatic rings. The Morgan fingerprint density at radius 1 is 0.846 bits per heavy atom. The third-order valence-corrected chi connectivity index (χ3v) is 1.39. The van der Waals surface area contributed by atoms with E-state index in [2.05, 4.69) is 0 Å². The van der Waals surface area contributed by atoms with Crippen molar-refractivity contribution in [1.29, 1.82) is 0 Å². The van der Waals surface area contributed by atoms with Crippen molar-refractivity contribution in [3.63, 3.8) is 0 Å². The quantitative estimate of drug-likeness (QED) is 0.698. The molecule has 0 aliphatic heterocycles. The number of halogens is 7. The predicted octanol–water partition coefficient (Wildman–Crippen LogP) is 2.20. The molecule has 1 nitrogen and oxygen atoms in total. The normalized spacial score (nSPS) is 14.8. The van der Waals surface area contributed by atoms with Gasteiger partial charge in [0.2, 0.25) is 0 Å². The van der Waals surface area contributed by atoms with E-state index in [0.29, 0.717) is 0 Å². The first-order chi connectivity index (χ1) is 5.56. The minimum absolute atomic E-state index is 1.91. The van der Waals surface area contributed by atoms with Gasteiger partial charge in [-0.25, -0.2) is 0 Å². The minimum atomic E-state index is -5.92. The van der Waals surface area contributed by atoms with Crippen molar-refractivity contribution in [3.05, 3.63) is 0 Å². The second-order valence-electron chi connectivity index (χ2n) is 2.29. The summed E-state index contributed by atoms with van der Waals surface area (Å²) in [5.41, 5.74) is -4.95. The molecule has 0 saturated heterocycles. The van der Waals surface area contributed by atoms with E-state index < -0.39 is 31.0 Å². The first-order valence-corrected chi connectivity index (χ1v) is 2.98. The number of hydrogen-bond acceptors (Lipinski definition) is 1. The molecule has 0 radical (unpaired) electrons. The van der Waals surface area contributed by atoms with Gasteiger partial charge in [0.15, 0.2) is 0 Å². The zero-order valence-electron chi connectivity index (χ0n) is 6.01. The van der Waals surface area contributed by atoms with Gasteiger partial charge in [0.05, 0.1) is 6.67 Å². The molecule has 0 spiro atoms. The van der Waals surface area contributed by atoms with Crippen molar-refractivity contribution in [3.8, 4) is 0 Å². The molecule has 0 rings (SSSR count). The Morgan fingerprint density at radius 2 is 1.15 bits per heavy atom. The summed E-state index contributed by atoms with van der Waals surface area (Å²) in [6.07, 6.45) is -13.9. The maximum absolute atomic E-state index is 11.7. The molecule has 0 heterocycles. The van der Waals surface area contributed by atoms with E-state index >= 15 is 0 Å². The van der Waals surface area contributed by atoms with E-state index in [1.165, 1.54) is 0 Å². The molecule has 0 saturated carbocycles. The lowest BCUT2D eigenvalue weighted by Crippen LogP contribution is -2.57. The van der Waals surface area contributed by atoms with Crippen LogP contribution in [0.25, 0.3) is 0 Å². The van der Waals surface area contributed by atoms with E-state index in [9.17, 15) is 30.7 Å². The topological polar surface area (TPSA) is 20.2 Å². The van der Waals surface area contributed by atoms with Crippen molar-refractivity contribution in [2.75, 3.05) is 6.67 Å². The zero-order valence-corrected chi connectivity index (χ0v) is 6.01. The number of alkyl halides is 7. The van der Waals surface area contributed by atoms with Gasteiger partial charge < -0.3 is 5.11 Å². The van der Waals surface area contributed by atoms with E-state index in [4.69, 9.17) is 5.11 Å². The molecule has 0 fully saturated rings. The number of aliphatic hydroxyl groups is 1.